The quantitative estimate of drug-likeness (QED) is 0.815. The van der Waals surface area contributed by atoms with Crippen LogP contribution in [0.25, 0.3) is 0 Å². The Morgan fingerprint density at radius 1 is 1.30 bits per heavy atom. The summed E-state index contributed by atoms with van der Waals surface area (Å²) >= 11 is 6.06. The lowest BCUT2D eigenvalue weighted by Crippen LogP contribution is -2.39. The van der Waals surface area contributed by atoms with Gasteiger partial charge in [-0.15, -0.1) is 0 Å². The minimum Gasteiger partial charge on any atom is -0.390 e. The fourth-order valence-corrected chi connectivity index (χ4v) is 3.46. The van der Waals surface area contributed by atoms with E-state index in [9.17, 15) is 9.50 Å². The maximum absolute atomic E-state index is 13.8. The van der Waals surface area contributed by atoms with Gasteiger partial charge >= 0.3 is 0 Å². The van der Waals surface area contributed by atoms with Crippen LogP contribution in [-0.4, -0.2) is 10.7 Å². The van der Waals surface area contributed by atoms with Crippen LogP contribution >= 0.6 is 11.6 Å². The van der Waals surface area contributed by atoms with Crippen LogP contribution in [0, 0.1) is 17.2 Å². The number of aliphatic hydroxyl groups is 1. The Balaban J connectivity index is 2.08. The van der Waals surface area contributed by atoms with Gasteiger partial charge in [0.05, 0.1) is 5.60 Å². The molecule has 0 heterocycles. The summed E-state index contributed by atoms with van der Waals surface area (Å²) in [7, 11) is 0. The van der Waals surface area contributed by atoms with Gasteiger partial charge in [-0.3, -0.25) is 0 Å². The summed E-state index contributed by atoms with van der Waals surface area (Å²) in [6, 6.07) is 4.69. The fraction of sp³-hybridized carbons (Fsp3) is 0.647. The van der Waals surface area contributed by atoms with E-state index in [-0.39, 0.29) is 11.2 Å². The SMILES string of the molecule is CC(C)(C)C1CCC(O)(Cc2c(F)cccc2Cl)CC1. The molecule has 0 amide bonds. The molecule has 0 aromatic heterocycles. The van der Waals surface area contributed by atoms with Crippen molar-refractivity contribution >= 4 is 11.6 Å². The van der Waals surface area contributed by atoms with Crippen molar-refractivity contribution in [3.63, 3.8) is 0 Å². The van der Waals surface area contributed by atoms with Crippen LogP contribution in [0.2, 0.25) is 5.02 Å². The van der Waals surface area contributed by atoms with Gasteiger partial charge < -0.3 is 5.11 Å². The van der Waals surface area contributed by atoms with E-state index in [0.717, 1.165) is 25.7 Å². The molecule has 1 aliphatic carbocycles. The van der Waals surface area contributed by atoms with Gasteiger partial charge in [0, 0.05) is 17.0 Å². The third-order valence-corrected chi connectivity index (χ3v) is 5.06. The van der Waals surface area contributed by atoms with Crippen molar-refractivity contribution in [2.75, 3.05) is 0 Å². The molecule has 20 heavy (non-hydrogen) atoms. The molecule has 112 valence electrons. The minimum absolute atomic E-state index is 0.275. The summed E-state index contributed by atoms with van der Waals surface area (Å²) in [5.41, 5.74) is -0.0873. The van der Waals surface area contributed by atoms with Crippen LogP contribution in [0.1, 0.15) is 52.0 Å². The van der Waals surface area contributed by atoms with Gasteiger partial charge in [0.1, 0.15) is 5.82 Å². The second-order valence-electron chi connectivity index (χ2n) is 7.24. The highest BCUT2D eigenvalue weighted by Crippen LogP contribution is 2.43. The molecule has 1 nitrogen and oxygen atoms in total. The molecule has 1 saturated carbocycles. The number of rotatable bonds is 2. The van der Waals surface area contributed by atoms with E-state index in [0.29, 0.717) is 22.9 Å². The summed E-state index contributed by atoms with van der Waals surface area (Å²) in [4.78, 5) is 0. The Hall–Kier alpha value is -0.600. The Morgan fingerprint density at radius 3 is 2.40 bits per heavy atom. The van der Waals surface area contributed by atoms with Crippen LogP contribution in [0.3, 0.4) is 0 Å². The average Bonchev–Trinajstić information content (AvgIpc) is 2.33. The predicted octanol–water partition coefficient (Wildman–Crippen LogP) is 4.99. The van der Waals surface area contributed by atoms with Crippen LogP contribution in [-0.2, 0) is 6.42 Å². The van der Waals surface area contributed by atoms with E-state index in [2.05, 4.69) is 20.8 Å². The molecule has 0 spiro atoms. The molecule has 0 radical (unpaired) electrons. The van der Waals surface area contributed by atoms with Crippen LogP contribution < -0.4 is 0 Å². The van der Waals surface area contributed by atoms with Crippen LogP contribution in [0.5, 0.6) is 0 Å². The highest BCUT2D eigenvalue weighted by molar-refractivity contribution is 6.31. The molecule has 1 fully saturated rings. The Labute approximate surface area is 126 Å². The highest BCUT2D eigenvalue weighted by atomic mass is 35.5. The standard InChI is InChI=1S/C17H24ClFO/c1-16(2,3)12-7-9-17(20,10-8-12)11-13-14(18)5-4-6-15(13)19/h4-6,12,20H,7-11H2,1-3H3. The molecule has 0 atom stereocenters. The minimum atomic E-state index is -0.812. The number of benzene rings is 1. The zero-order chi connectivity index (χ0) is 15.0. The first-order valence-electron chi connectivity index (χ1n) is 7.36. The Morgan fingerprint density at radius 2 is 1.90 bits per heavy atom. The first kappa shape index (κ1) is 15.8. The molecule has 0 saturated heterocycles. The van der Waals surface area contributed by atoms with E-state index in [1.807, 2.05) is 0 Å². The summed E-state index contributed by atoms with van der Waals surface area (Å²) < 4.78 is 13.8. The van der Waals surface area contributed by atoms with Gasteiger partial charge in [-0.1, -0.05) is 38.4 Å². The average molecular weight is 299 g/mol. The summed E-state index contributed by atoms with van der Waals surface area (Å²) in [5.74, 6) is 0.308. The molecular weight excluding hydrogens is 275 g/mol. The molecule has 2 rings (SSSR count). The van der Waals surface area contributed by atoms with Crippen LogP contribution in [0.4, 0.5) is 4.39 Å². The summed E-state index contributed by atoms with van der Waals surface area (Å²) in [6.07, 6.45) is 3.74. The predicted molar refractivity (Wildman–Crippen MR) is 81.5 cm³/mol. The van der Waals surface area contributed by atoms with Crippen molar-refractivity contribution in [3.05, 3.63) is 34.6 Å². The summed E-state index contributed by atoms with van der Waals surface area (Å²) in [6.45, 7) is 6.74. The van der Waals surface area contributed by atoms with E-state index < -0.39 is 5.60 Å². The van der Waals surface area contributed by atoms with Crippen molar-refractivity contribution < 1.29 is 9.50 Å². The maximum atomic E-state index is 13.8. The topological polar surface area (TPSA) is 20.2 Å². The molecular formula is C17H24ClFO. The maximum Gasteiger partial charge on any atom is 0.127 e. The molecule has 3 heteroatoms. The van der Waals surface area contributed by atoms with Gasteiger partial charge in [-0.05, 0) is 49.1 Å². The Bertz CT molecular complexity index is 450. The zero-order valence-corrected chi connectivity index (χ0v) is 13.3. The van der Waals surface area contributed by atoms with E-state index in [1.54, 1.807) is 12.1 Å². The molecule has 0 aliphatic heterocycles. The number of hydrogen-bond donors (Lipinski definition) is 1. The number of hydrogen-bond acceptors (Lipinski definition) is 1. The molecule has 1 aliphatic rings. The second kappa shape index (κ2) is 5.65. The van der Waals surface area contributed by atoms with Crippen molar-refractivity contribution in [1.29, 1.82) is 0 Å². The van der Waals surface area contributed by atoms with E-state index >= 15 is 0 Å². The lowest BCUT2D eigenvalue weighted by atomic mass is 9.67. The third kappa shape index (κ3) is 3.53. The van der Waals surface area contributed by atoms with Gasteiger partial charge in [-0.2, -0.15) is 0 Å². The van der Waals surface area contributed by atoms with Gasteiger partial charge in [0.15, 0.2) is 0 Å². The first-order valence-corrected chi connectivity index (χ1v) is 7.74. The fourth-order valence-electron chi connectivity index (χ4n) is 3.23. The van der Waals surface area contributed by atoms with Crippen molar-refractivity contribution in [3.8, 4) is 0 Å². The smallest absolute Gasteiger partial charge is 0.127 e. The Kier molecular flexibility index (Phi) is 4.46. The first-order chi connectivity index (χ1) is 9.21. The monoisotopic (exact) mass is 298 g/mol. The second-order valence-corrected chi connectivity index (χ2v) is 7.65. The van der Waals surface area contributed by atoms with Gasteiger partial charge in [0.25, 0.3) is 0 Å². The molecule has 1 aromatic carbocycles. The van der Waals surface area contributed by atoms with Crippen molar-refractivity contribution in [1.82, 2.24) is 0 Å². The third-order valence-electron chi connectivity index (χ3n) is 4.71. The largest absolute Gasteiger partial charge is 0.390 e. The van der Waals surface area contributed by atoms with Crippen LogP contribution in [0.15, 0.2) is 18.2 Å². The highest BCUT2D eigenvalue weighted by Gasteiger charge is 2.38. The summed E-state index contributed by atoms with van der Waals surface area (Å²) in [5, 5.41) is 11.1. The zero-order valence-electron chi connectivity index (χ0n) is 12.5. The lowest BCUT2D eigenvalue weighted by Gasteiger charge is -2.41. The molecule has 1 N–H and O–H groups in total. The molecule has 0 bridgehead atoms. The lowest BCUT2D eigenvalue weighted by molar-refractivity contribution is -0.0250. The number of halogens is 2. The molecule has 0 unspecified atom stereocenters. The van der Waals surface area contributed by atoms with Gasteiger partial charge in [0.2, 0.25) is 0 Å². The molecule has 1 aromatic rings. The van der Waals surface area contributed by atoms with E-state index in [1.165, 1.54) is 6.07 Å². The van der Waals surface area contributed by atoms with Crippen molar-refractivity contribution in [2.45, 2.75) is 58.5 Å². The van der Waals surface area contributed by atoms with Gasteiger partial charge in [-0.25, -0.2) is 4.39 Å². The van der Waals surface area contributed by atoms with E-state index in [4.69, 9.17) is 11.6 Å². The normalized spacial score (nSPS) is 27.6. The van der Waals surface area contributed by atoms with Crippen molar-refractivity contribution in [2.24, 2.45) is 11.3 Å².